The molecule has 1 aromatic rings. The first-order chi connectivity index (χ1) is 8.66. The molecule has 1 fully saturated rings. The van der Waals surface area contributed by atoms with Crippen molar-refractivity contribution >= 4 is 0 Å². The number of halogens is 1. The molecule has 2 rings (SSSR count). The second-order valence-corrected chi connectivity index (χ2v) is 5.35. The lowest BCUT2D eigenvalue weighted by atomic mass is 9.95. The van der Waals surface area contributed by atoms with Gasteiger partial charge in [-0.1, -0.05) is 26.0 Å². The summed E-state index contributed by atoms with van der Waals surface area (Å²) in [6, 6.07) is 7.33. The first kappa shape index (κ1) is 13.5. The number of nitrogens with zero attached hydrogens (tertiary/aromatic N) is 1. The highest BCUT2D eigenvalue weighted by atomic mass is 19.1. The van der Waals surface area contributed by atoms with Gasteiger partial charge in [-0.25, -0.2) is 4.39 Å². The molecule has 1 atom stereocenters. The van der Waals surface area contributed by atoms with E-state index in [0.29, 0.717) is 12.0 Å². The maximum absolute atomic E-state index is 13.0. The molecule has 2 nitrogen and oxygen atoms in total. The zero-order valence-corrected chi connectivity index (χ0v) is 11.2. The van der Waals surface area contributed by atoms with Crippen molar-refractivity contribution in [3.8, 4) is 0 Å². The van der Waals surface area contributed by atoms with Crippen LogP contribution in [0.2, 0.25) is 0 Å². The lowest BCUT2D eigenvalue weighted by Crippen LogP contribution is -2.39. The average Bonchev–Trinajstić information content (AvgIpc) is 2.38. The first-order valence-electron chi connectivity index (χ1n) is 6.74. The molecule has 3 heteroatoms. The molecule has 0 aliphatic carbocycles. The monoisotopic (exact) mass is 251 g/mol. The van der Waals surface area contributed by atoms with Gasteiger partial charge in [0, 0.05) is 19.1 Å². The zero-order valence-electron chi connectivity index (χ0n) is 11.2. The molecule has 1 aliphatic rings. The highest BCUT2D eigenvalue weighted by molar-refractivity contribution is 5.20. The van der Waals surface area contributed by atoms with Crippen LogP contribution in [0.1, 0.15) is 31.9 Å². The molecule has 100 valence electrons. The summed E-state index contributed by atoms with van der Waals surface area (Å²) in [7, 11) is 0. The molecule has 18 heavy (non-hydrogen) atoms. The first-order valence-corrected chi connectivity index (χ1v) is 6.74. The van der Waals surface area contributed by atoms with Crippen molar-refractivity contribution in [1.29, 1.82) is 0 Å². The Morgan fingerprint density at radius 2 is 1.78 bits per heavy atom. The fourth-order valence-electron chi connectivity index (χ4n) is 2.52. The van der Waals surface area contributed by atoms with Gasteiger partial charge in [-0.3, -0.25) is 4.90 Å². The summed E-state index contributed by atoms with van der Waals surface area (Å²) in [6.45, 7) is 8.00. The van der Waals surface area contributed by atoms with Gasteiger partial charge in [-0.2, -0.15) is 0 Å². The number of hydrogen-bond donors (Lipinski definition) is 0. The van der Waals surface area contributed by atoms with Gasteiger partial charge in [0.1, 0.15) is 5.82 Å². The lowest BCUT2D eigenvalue weighted by molar-refractivity contribution is 0.0116. The highest BCUT2D eigenvalue weighted by Crippen LogP contribution is 2.28. The fourth-order valence-corrected chi connectivity index (χ4v) is 2.52. The van der Waals surface area contributed by atoms with E-state index in [2.05, 4.69) is 18.7 Å². The number of rotatable bonds is 4. The van der Waals surface area contributed by atoms with E-state index in [-0.39, 0.29) is 5.82 Å². The quantitative estimate of drug-likeness (QED) is 0.814. The molecule has 1 saturated heterocycles. The van der Waals surface area contributed by atoms with E-state index in [1.165, 1.54) is 5.56 Å². The van der Waals surface area contributed by atoms with E-state index in [4.69, 9.17) is 4.74 Å². The summed E-state index contributed by atoms with van der Waals surface area (Å²) in [4.78, 5) is 2.46. The molecule has 0 amide bonds. The second-order valence-electron chi connectivity index (χ2n) is 5.35. The molecule has 0 spiro atoms. The SMILES string of the molecule is CC(C)CC(c1ccc(F)cc1)N1CCOCC1. The molecule has 0 N–H and O–H groups in total. The Morgan fingerprint density at radius 1 is 1.17 bits per heavy atom. The highest BCUT2D eigenvalue weighted by Gasteiger charge is 2.23. The van der Waals surface area contributed by atoms with Crippen LogP contribution in [0.15, 0.2) is 24.3 Å². The molecule has 1 aromatic carbocycles. The Bertz CT molecular complexity index is 357. The molecule has 0 saturated carbocycles. The van der Waals surface area contributed by atoms with Crippen LogP contribution in [0.25, 0.3) is 0 Å². The number of benzene rings is 1. The summed E-state index contributed by atoms with van der Waals surface area (Å²) in [5.41, 5.74) is 1.21. The number of morpholine rings is 1. The smallest absolute Gasteiger partial charge is 0.123 e. The van der Waals surface area contributed by atoms with Crippen LogP contribution in [0.4, 0.5) is 4.39 Å². The maximum Gasteiger partial charge on any atom is 0.123 e. The summed E-state index contributed by atoms with van der Waals surface area (Å²) < 4.78 is 18.4. The van der Waals surface area contributed by atoms with Crippen LogP contribution in [-0.4, -0.2) is 31.2 Å². The van der Waals surface area contributed by atoms with Crippen LogP contribution in [-0.2, 0) is 4.74 Å². The molecular formula is C15H22FNO. The third kappa shape index (κ3) is 3.53. The molecule has 1 aliphatic heterocycles. The minimum atomic E-state index is -0.163. The molecule has 0 radical (unpaired) electrons. The Kier molecular flexibility index (Phi) is 4.72. The Balaban J connectivity index is 2.15. The third-order valence-electron chi connectivity index (χ3n) is 3.44. The normalized spacial score (nSPS) is 19.1. The Morgan fingerprint density at radius 3 is 2.33 bits per heavy atom. The number of hydrogen-bond acceptors (Lipinski definition) is 2. The summed E-state index contributed by atoms with van der Waals surface area (Å²) in [5.74, 6) is 0.465. The molecule has 1 unspecified atom stereocenters. The maximum atomic E-state index is 13.0. The Hall–Kier alpha value is -0.930. The van der Waals surface area contributed by atoms with E-state index in [1.54, 1.807) is 12.1 Å². The predicted octanol–water partition coefficient (Wildman–Crippen LogP) is 3.25. The van der Waals surface area contributed by atoms with Gasteiger partial charge in [0.15, 0.2) is 0 Å². The van der Waals surface area contributed by atoms with E-state index < -0.39 is 0 Å². The van der Waals surface area contributed by atoms with Crippen molar-refractivity contribution in [3.05, 3.63) is 35.6 Å². The van der Waals surface area contributed by atoms with Crippen molar-refractivity contribution in [2.75, 3.05) is 26.3 Å². The van der Waals surface area contributed by atoms with Crippen molar-refractivity contribution in [1.82, 2.24) is 4.90 Å². The van der Waals surface area contributed by atoms with Gasteiger partial charge in [0.25, 0.3) is 0 Å². The van der Waals surface area contributed by atoms with Crippen molar-refractivity contribution in [2.45, 2.75) is 26.3 Å². The molecular weight excluding hydrogens is 229 g/mol. The fraction of sp³-hybridized carbons (Fsp3) is 0.600. The molecule has 0 bridgehead atoms. The lowest BCUT2D eigenvalue weighted by Gasteiger charge is -2.35. The van der Waals surface area contributed by atoms with Crippen LogP contribution < -0.4 is 0 Å². The van der Waals surface area contributed by atoms with Gasteiger partial charge in [0.2, 0.25) is 0 Å². The topological polar surface area (TPSA) is 12.5 Å². The summed E-state index contributed by atoms with van der Waals surface area (Å²) >= 11 is 0. The second kappa shape index (κ2) is 6.30. The zero-order chi connectivity index (χ0) is 13.0. The molecule has 1 heterocycles. The standard InChI is InChI=1S/C15H22FNO/c1-12(2)11-15(17-7-9-18-10-8-17)13-3-5-14(16)6-4-13/h3-6,12,15H,7-11H2,1-2H3. The van der Waals surface area contributed by atoms with Crippen molar-refractivity contribution in [2.24, 2.45) is 5.92 Å². The summed E-state index contributed by atoms with van der Waals surface area (Å²) in [5, 5.41) is 0. The van der Waals surface area contributed by atoms with Crippen molar-refractivity contribution < 1.29 is 9.13 Å². The summed E-state index contributed by atoms with van der Waals surface area (Å²) in [6.07, 6.45) is 1.10. The minimum absolute atomic E-state index is 0.163. The van der Waals surface area contributed by atoms with E-state index in [1.807, 2.05) is 12.1 Å². The third-order valence-corrected chi connectivity index (χ3v) is 3.44. The van der Waals surface area contributed by atoms with Gasteiger partial charge >= 0.3 is 0 Å². The van der Waals surface area contributed by atoms with Gasteiger partial charge < -0.3 is 4.74 Å². The van der Waals surface area contributed by atoms with Crippen LogP contribution in [0.3, 0.4) is 0 Å². The van der Waals surface area contributed by atoms with Gasteiger partial charge in [-0.15, -0.1) is 0 Å². The van der Waals surface area contributed by atoms with Crippen molar-refractivity contribution in [3.63, 3.8) is 0 Å². The Labute approximate surface area is 109 Å². The van der Waals surface area contributed by atoms with E-state index in [9.17, 15) is 4.39 Å². The predicted molar refractivity (Wildman–Crippen MR) is 71.0 cm³/mol. The minimum Gasteiger partial charge on any atom is -0.379 e. The van der Waals surface area contributed by atoms with Gasteiger partial charge in [0.05, 0.1) is 13.2 Å². The van der Waals surface area contributed by atoms with Crippen LogP contribution >= 0.6 is 0 Å². The number of ether oxygens (including phenoxy) is 1. The van der Waals surface area contributed by atoms with Gasteiger partial charge in [-0.05, 0) is 30.0 Å². The largest absolute Gasteiger partial charge is 0.379 e. The van der Waals surface area contributed by atoms with E-state index >= 15 is 0 Å². The molecule has 0 aromatic heterocycles. The van der Waals surface area contributed by atoms with Crippen LogP contribution in [0, 0.1) is 11.7 Å². The average molecular weight is 251 g/mol. The van der Waals surface area contributed by atoms with Crippen LogP contribution in [0.5, 0.6) is 0 Å². The van der Waals surface area contributed by atoms with E-state index in [0.717, 1.165) is 32.7 Å².